The highest BCUT2D eigenvalue weighted by molar-refractivity contribution is 7.09. The van der Waals surface area contributed by atoms with Crippen LogP contribution < -0.4 is 5.32 Å². The number of ether oxygens (including phenoxy) is 1. The summed E-state index contributed by atoms with van der Waals surface area (Å²) in [6.45, 7) is 12.0. The molecule has 0 aliphatic carbocycles. The lowest BCUT2D eigenvalue weighted by Gasteiger charge is -2.19. The summed E-state index contributed by atoms with van der Waals surface area (Å²) in [5.74, 6) is 0. The zero-order chi connectivity index (χ0) is 12.2. The van der Waals surface area contributed by atoms with Crippen molar-refractivity contribution in [2.45, 2.75) is 59.4 Å². The van der Waals surface area contributed by atoms with Crippen LogP contribution in [0.2, 0.25) is 0 Å². The molecule has 1 aromatic rings. The van der Waals surface area contributed by atoms with Crippen molar-refractivity contribution in [3.8, 4) is 0 Å². The van der Waals surface area contributed by atoms with Crippen LogP contribution >= 0.6 is 11.3 Å². The lowest BCUT2D eigenvalue weighted by molar-refractivity contribution is 0.0638. The number of hydrogen-bond donors (Lipinski definition) is 1. The van der Waals surface area contributed by atoms with Gasteiger partial charge < -0.3 is 10.1 Å². The number of hydrogen-bond acceptors (Lipinski definition) is 4. The Morgan fingerprint density at radius 3 is 2.69 bits per heavy atom. The molecule has 4 heteroatoms. The molecule has 0 aromatic carbocycles. The van der Waals surface area contributed by atoms with Crippen molar-refractivity contribution in [1.29, 1.82) is 0 Å². The van der Waals surface area contributed by atoms with Crippen LogP contribution in [-0.2, 0) is 17.9 Å². The minimum atomic E-state index is 0.139. The van der Waals surface area contributed by atoms with Gasteiger partial charge >= 0.3 is 0 Å². The predicted molar refractivity (Wildman–Crippen MR) is 68.6 cm³/mol. The summed E-state index contributed by atoms with van der Waals surface area (Å²) in [5, 5.41) is 6.62. The minimum absolute atomic E-state index is 0.139. The Balaban J connectivity index is 2.39. The van der Waals surface area contributed by atoms with Crippen molar-refractivity contribution in [3.05, 3.63) is 16.1 Å². The average Bonchev–Trinajstić information content (AvgIpc) is 2.58. The molecule has 1 aromatic heterocycles. The number of rotatable bonds is 5. The van der Waals surface area contributed by atoms with Crippen LogP contribution in [0.25, 0.3) is 0 Å². The molecule has 1 rings (SSSR count). The zero-order valence-electron chi connectivity index (χ0n) is 10.8. The Bertz CT molecular complexity index is 315. The summed E-state index contributed by atoms with van der Waals surface area (Å²) in [4.78, 5) is 4.52. The summed E-state index contributed by atoms with van der Waals surface area (Å²) in [7, 11) is 0. The van der Waals surface area contributed by atoms with Crippen LogP contribution in [-0.4, -0.2) is 16.6 Å². The van der Waals surface area contributed by atoms with E-state index in [1.807, 2.05) is 13.8 Å². The van der Waals surface area contributed by atoms with Crippen LogP contribution in [0.4, 0.5) is 0 Å². The van der Waals surface area contributed by atoms with E-state index >= 15 is 0 Å². The fourth-order valence-electron chi connectivity index (χ4n) is 1.09. The van der Waals surface area contributed by atoms with Crippen molar-refractivity contribution in [2.75, 3.05) is 0 Å². The van der Waals surface area contributed by atoms with E-state index in [1.165, 1.54) is 0 Å². The second-order valence-electron chi connectivity index (χ2n) is 5.20. The molecular weight excluding hydrogens is 220 g/mol. The maximum Gasteiger partial charge on any atom is 0.107 e. The van der Waals surface area contributed by atoms with Gasteiger partial charge in [-0.15, -0.1) is 11.3 Å². The van der Waals surface area contributed by atoms with Crippen LogP contribution in [0, 0.1) is 0 Å². The molecule has 1 N–H and O–H groups in total. The highest BCUT2D eigenvalue weighted by Crippen LogP contribution is 2.12. The molecule has 0 amide bonds. The minimum Gasteiger partial charge on any atom is -0.372 e. The zero-order valence-corrected chi connectivity index (χ0v) is 11.6. The molecule has 0 aliphatic rings. The van der Waals surface area contributed by atoms with E-state index in [-0.39, 0.29) is 11.6 Å². The van der Waals surface area contributed by atoms with Gasteiger partial charge in [0.15, 0.2) is 0 Å². The monoisotopic (exact) mass is 242 g/mol. The lowest BCUT2D eigenvalue weighted by Crippen LogP contribution is -2.35. The van der Waals surface area contributed by atoms with Crippen molar-refractivity contribution in [2.24, 2.45) is 0 Å². The third kappa shape index (κ3) is 5.58. The first-order valence-corrected chi connectivity index (χ1v) is 6.55. The van der Waals surface area contributed by atoms with Gasteiger partial charge in [0.1, 0.15) is 5.01 Å². The molecule has 0 bridgehead atoms. The number of aromatic nitrogens is 1. The summed E-state index contributed by atoms with van der Waals surface area (Å²) in [6, 6.07) is 0. The largest absolute Gasteiger partial charge is 0.372 e. The topological polar surface area (TPSA) is 34.1 Å². The molecule has 3 nitrogen and oxygen atoms in total. The van der Waals surface area contributed by atoms with E-state index in [0.717, 1.165) is 17.2 Å². The SMILES string of the molecule is CC(C)OCc1csc(CNC(C)(C)C)n1. The third-order valence-electron chi connectivity index (χ3n) is 1.93. The highest BCUT2D eigenvalue weighted by Gasteiger charge is 2.10. The van der Waals surface area contributed by atoms with E-state index in [2.05, 4.69) is 36.5 Å². The molecular formula is C12H22N2OS. The number of thiazole rings is 1. The quantitative estimate of drug-likeness (QED) is 0.862. The molecule has 16 heavy (non-hydrogen) atoms. The molecule has 0 unspecified atom stereocenters. The summed E-state index contributed by atoms with van der Waals surface area (Å²) in [6.07, 6.45) is 0.262. The molecule has 0 spiro atoms. The maximum absolute atomic E-state index is 5.51. The van der Waals surface area contributed by atoms with E-state index in [4.69, 9.17) is 4.74 Å². The fraction of sp³-hybridized carbons (Fsp3) is 0.750. The Hall–Kier alpha value is -0.450. The van der Waals surface area contributed by atoms with Crippen LogP contribution in [0.15, 0.2) is 5.38 Å². The van der Waals surface area contributed by atoms with E-state index < -0.39 is 0 Å². The van der Waals surface area contributed by atoms with E-state index in [0.29, 0.717) is 6.61 Å². The smallest absolute Gasteiger partial charge is 0.107 e. The van der Waals surface area contributed by atoms with Crippen LogP contribution in [0.1, 0.15) is 45.3 Å². The highest BCUT2D eigenvalue weighted by atomic mass is 32.1. The summed E-state index contributed by atoms with van der Waals surface area (Å²) >= 11 is 1.69. The fourth-order valence-corrected chi connectivity index (χ4v) is 1.81. The van der Waals surface area contributed by atoms with Gasteiger partial charge in [0.2, 0.25) is 0 Å². The molecule has 0 atom stereocenters. The van der Waals surface area contributed by atoms with Crippen molar-refractivity contribution >= 4 is 11.3 Å². The standard InChI is InChI=1S/C12H22N2OS/c1-9(2)15-7-10-8-16-11(14-10)6-13-12(3,4)5/h8-9,13H,6-7H2,1-5H3. The lowest BCUT2D eigenvalue weighted by atomic mass is 10.1. The second kappa shape index (κ2) is 5.75. The molecule has 0 radical (unpaired) electrons. The normalized spacial score (nSPS) is 12.4. The Morgan fingerprint density at radius 2 is 2.12 bits per heavy atom. The van der Waals surface area contributed by atoms with E-state index in [9.17, 15) is 0 Å². The number of nitrogens with one attached hydrogen (secondary N) is 1. The van der Waals surface area contributed by atoms with Gasteiger partial charge in [-0.1, -0.05) is 0 Å². The van der Waals surface area contributed by atoms with Gasteiger partial charge in [-0.3, -0.25) is 0 Å². The van der Waals surface area contributed by atoms with Gasteiger partial charge in [-0.05, 0) is 34.6 Å². The number of nitrogens with zero attached hydrogens (tertiary/aromatic N) is 1. The second-order valence-corrected chi connectivity index (χ2v) is 6.14. The molecule has 92 valence electrons. The van der Waals surface area contributed by atoms with Crippen molar-refractivity contribution < 1.29 is 4.74 Å². The molecule has 0 saturated heterocycles. The van der Waals surface area contributed by atoms with Crippen molar-refractivity contribution in [3.63, 3.8) is 0 Å². The van der Waals surface area contributed by atoms with Crippen LogP contribution in [0.5, 0.6) is 0 Å². The van der Waals surface area contributed by atoms with Gasteiger partial charge in [0.05, 0.1) is 18.4 Å². The molecule has 1 heterocycles. The third-order valence-corrected chi connectivity index (χ3v) is 2.83. The van der Waals surface area contributed by atoms with Crippen molar-refractivity contribution in [1.82, 2.24) is 10.3 Å². The van der Waals surface area contributed by atoms with Gasteiger partial charge in [0, 0.05) is 17.5 Å². The molecule has 0 saturated carbocycles. The van der Waals surface area contributed by atoms with E-state index in [1.54, 1.807) is 11.3 Å². The summed E-state index contributed by atoms with van der Waals surface area (Å²) < 4.78 is 5.51. The van der Waals surface area contributed by atoms with Gasteiger partial charge in [0.25, 0.3) is 0 Å². The first-order valence-electron chi connectivity index (χ1n) is 5.67. The predicted octanol–water partition coefficient (Wildman–Crippen LogP) is 2.96. The van der Waals surface area contributed by atoms with Gasteiger partial charge in [-0.2, -0.15) is 0 Å². The first-order chi connectivity index (χ1) is 7.37. The Kier molecular flexibility index (Phi) is 4.89. The summed E-state index contributed by atoms with van der Waals surface area (Å²) in [5.41, 5.74) is 1.17. The van der Waals surface area contributed by atoms with Crippen LogP contribution in [0.3, 0.4) is 0 Å². The Labute approximate surface area is 102 Å². The molecule has 0 fully saturated rings. The maximum atomic E-state index is 5.51. The Morgan fingerprint density at radius 1 is 1.44 bits per heavy atom. The average molecular weight is 242 g/mol. The van der Waals surface area contributed by atoms with Gasteiger partial charge in [-0.25, -0.2) is 4.98 Å². The first kappa shape index (κ1) is 13.6. The molecule has 0 aliphatic heterocycles.